The average Bonchev–Trinajstić information content (AvgIpc) is 1.88. The first kappa shape index (κ1) is 5.69. The van der Waals surface area contributed by atoms with Gasteiger partial charge in [-0.2, -0.15) is 0 Å². The summed E-state index contributed by atoms with van der Waals surface area (Å²) in [7, 11) is 0. The number of ether oxygens (including phenoxy) is 1. The molecule has 2 heterocycles. The van der Waals surface area contributed by atoms with Crippen molar-refractivity contribution in [3.8, 4) is 0 Å². The van der Waals surface area contributed by atoms with E-state index in [1.54, 1.807) is 0 Å². The van der Waals surface area contributed by atoms with E-state index in [0.29, 0.717) is 12.1 Å². The topological polar surface area (TPSA) is 21.3 Å². The molecule has 2 rings (SSSR count). The van der Waals surface area contributed by atoms with Gasteiger partial charge in [-0.3, -0.25) is 0 Å². The maximum absolute atomic E-state index is 5.35. The molecule has 1 radical (unpaired) electrons. The van der Waals surface area contributed by atoms with E-state index < -0.39 is 0 Å². The van der Waals surface area contributed by atoms with Gasteiger partial charge in [-0.25, -0.2) is 0 Å². The fourth-order valence-corrected chi connectivity index (χ4v) is 1.55. The lowest BCUT2D eigenvalue weighted by Gasteiger charge is -2.35. The molecule has 2 aliphatic heterocycles. The number of piperidine rings is 1. The highest BCUT2D eigenvalue weighted by Crippen LogP contribution is 2.15. The second kappa shape index (κ2) is 2.27. The summed E-state index contributed by atoms with van der Waals surface area (Å²) in [4.78, 5) is 0. The van der Waals surface area contributed by atoms with E-state index in [1.807, 2.05) is 0 Å². The lowest BCUT2D eigenvalue weighted by atomic mass is 9.98. The summed E-state index contributed by atoms with van der Waals surface area (Å²) in [5, 5.41) is 3.50. The minimum atomic E-state index is 0.623. The number of hydrogen-bond donors (Lipinski definition) is 1. The van der Waals surface area contributed by atoms with Crippen molar-refractivity contribution in [1.29, 1.82) is 0 Å². The Labute approximate surface area is 55.6 Å². The predicted octanol–water partition coefficient (Wildman–Crippen LogP) is 0.341. The van der Waals surface area contributed by atoms with E-state index >= 15 is 0 Å². The number of fused-ring (bicyclic) bond motifs is 2. The summed E-state index contributed by atoms with van der Waals surface area (Å²) < 4.78 is 5.35. The summed E-state index contributed by atoms with van der Waals surface area (Å²) in [6.07, 6.45) is 4.75. The van der Waals surface area contributed by atoms with Gasteiger partial charge in [0, 0.05) is 12.1 Å². The van der Waals surface area contributed by atoms with Crippen molar-refractivity contribution in [3.05, 3.63) is 6.42 Å². The molecular weight excluding hydrogens is 114 g/mol. The molecule has 2 fully saturated rings. The van der Waals surface area contributed by atoms with E-state index in [2.05, 4.69) is 11.7 Å². The molecule has 51 valence electrons. The van der Waals surface area contributed by atoms with E-state index in [4.69, 9.17) is 4.74 Å². The third-order valence-electron chi connectivity index (χ3n) is 2.01. The number of rotatable bonds is 0. The van der Waals surface area contributed by atoms with Crippen molar-refractivity contribution in [2.45, 2.75) is 24.9 Å². The van der Waals surface area contributed by atoms with Gasteiger partial charge in [-0.05, 0) is 19.3 Å². The lowest BCUT2D eigenvalue weighted by molar-refractivity contribution is 0.0340. The molecule has 0 unspecified atom stereocenters. The Morgan fingerprint density at radius 1 is 1.22 bits per heavy atom. The Morgan fingerprint density at radius 3 is 2.44 bits per heavy atom. The zero-order chi connectivity index (χ0) is 6.10. The number of nitrogens with one attached hydrogen (secondary N) is 1. The highest BCUT2D eigenvalue weighted by molar-refractivity contribution is 4.91. The monoisotopic (exact) mass is 126 g/mol. The molecule has 0 aromatic heterocycles. The maximum atomic E-state index is 5.35. The van der Waals surface area contributed by atoms with Crippen molar-refractivity contribution in [2.24, 2.45) is 0 Å². The second-order valence-electron chi connectivity index (χ2n) is 2.86. The molecule has 2 heteroatoms. The van der Waals surface area contributed by atoms with Crippen LogP contribution in [0.15, 0.2) is 0 Å². The maximum Gasteiger partial charge on any atom is 0.0620 e. The van der Waals surface area contributed by atoms with Crippen LogP contribution in [0, 0.1) is 6.42 Å². The molecule has 2 nitrogen and oxygen atoms in total. The Hall–Kier alpha value is -0.0800. The van der Waals surface area contributed by atoms with Crippen LogP contribution in [-0.4, -0.2) is 25.3 Å². The lowest BCUT2D eigenvalue weighted by Crippen LogP contribution is -2.51. The molecule has 2 bridgehead atoms. The zero-order valence-electron chi connectivity index (χ0n) is 5.47. The van der Waals surface area contributed by atoms with Gasteiger partial charge in [0.15, 0.2) is 0 Å². The van der Waals surface area contributed by atoms with Crippen LogP contribution < -0.4 is 5.32 Å². The molecule has 2 saturated heterocycles. The largest absolute Gasteiger partial charge is 0.378 e. The van der Waals surface area contributed by atoms with Crippen LogP contribution in [0.4, 0.5) is 0 Å². The van der Waals surface area contributed by atoms with Crippen molar-refractivity contribution in [1.82, 2.24) is 5.32 Å². The summed E-state index contributed by atoms with van der Waals surface area (Å²) in [6.45, 7) is 1.82. The molecule has 1 N–H and O–H groups in total. The normalized spacial score (nSPS) is 42.7. The van der Waals surface area contributed by atoms with Gasteiger partial charge in [0.2, 0.25) is 0 Å². The van der Waals surface area contributed by atoms with E-state index in [1.165, 1.54) is 12.8 Å². The third kappa shape index (κ3) is 1.10. The molecule has 0 spiro atoms. The third-order valence-corrected chi connectivity index (χ3v) is 2.01. The van der Waals surface area contributed by atoms with Crippen molar-refractivity contribution in [2.75, 3.05) is 13.2 Å². The summed E-state index contributed by atoms with van der Waals surface area (Å²) in [6, 6.07) is 1.25. The quantitative estimate of drug-likeness (QED) is 0.505. The minimum Gasteiger partial charge on any atom is -0.378 e. The van der Waals surface area contributed by atoms with E-state index in [9.17, 15) is 0 Å². The standard InChI is InChI=1S/C7H12NO/c1-2-6-4-9-5-7(3-1)8-6/h1,6-8H,2-5H2/t6-,7+. The second-order valence-corrected chi connectivity index (χ2v) is 2.86. The molecule has 0 saturated carbocycles. The molecule has 0 aliphatic carbocycles. The van der Waals surface area contributed by atoms with Gasteiger partial charge in [-0.15, -0.1) is 0 Å². The van der Waals surface area contributed by atoms with Crippen LogP contribution >= 0.6 is 0 Å². The van der Waals surface area contributed by atoms with Crippen LogP contribution in [0.5, 0.6) is 0 Å². The Morgan fingerprint density at radius 2 is 1.89 bits per heavy atom. The summed E-state index contributed by atoms with van der Waals surface area (Å²) in [5.74, 6) is 0. The first-order chi connectivity index (χ1) is 4.45. The van der Waals surface area contributed by atoms with Gasteiger partial charge >= 0.3 is 0 Å². The van der Waals surface area contributed by atoms with Crippen LogP contribution in [0.1, 0.15) is 12.8 Å². The van der Waals surface area contributed by atoms with Crippen LogP contribution in [0.2, 0.25) is 0 Å². The Balaban J connectivity index is 1.96. The van der Waals surface area contributed by atoms with Crippen molar-refractivity contribution < 1.29 is 4.74 Å². The molecular formula is C7H12NO. The molecule has 0 aromatic rings. The fraction of sp³-hybridized carbons (Fsp3) is 0.857. The number of hydrogen-bond acceptors (Lipinski definition) is 2. The minimum absolute atomic E-state index is 0.623. The van der Waals surface area contributed by atoms with Gasteiger partial charge in [0.25, 0.3) is 0 Å². The highest BCUT2D eigenvalue weighted by atomic mass is 16.5. The van der Waals surface area contributed by atoms with Gasteiger partial charge in [-0.1, -0.05) is 0 Å². The molecule has 2 aliphatic rings. The average molecular weight is 126 g/mol. The number of morpholine rings is 1. The molecule has 2 atom stereocenters. The first-order valence-corrected chi connectivity index (χ1v) is 3.60. The van der Waals surface area contributed by atoms with Gasteiger partial charge < -0.3 is 10.1 Å². The molecule has 0 amide bonds. The smallest absolute Gasteiger partial charge is 0.0620 e. The van der Waals surface area contributed by atoms with Crippen LogP contribution in [0.25, 0.3) is 0 Å². The zero-order valence-corrected chi connectivity index (χ0v) is 5.47. The fourth-order valence-electron chi connectivity index (χ4n) is 1.55. The first-order valence-electron chi connectivity index (χ1n) is 3.60. The van der Waals surface area contributed by atoms with Gasteiger partial charge in [0.05, 0.1) is 13.2 Å². The highest BCUT2D eigenvalue weighted by Gasteiger charge is 2.25. The predicted molar refractivity (Wildman–Crippen MR) is 35.1 cm³/mol. The van der Waals surface area contributed by atoms with E-state index in [0.717, 1.165) is 13.2 Å². The van der Waals surface area contributed by atoms with Crippen LogP contribution in [0.3, 0.4) is 0 Å². The van der Waals surface area contributed by atoms with Crippen LogP contribution in [-0.2, 0) is 4.74 Å². The molecule has 9 heavy (non-hydrogen) atoms. The Kier molecular flexibility index (Phi) is 1.44. The molecule has 0 aromatic carbocycles. The summed E-state index contributed by atoms with van der Waals surface area (Å²) >= 11 is 0. The Bertz CT molecular complexity index is 85.1. The summed E-state index contributed by atoms with van der Waals surface area (Å²) in [5.41, 5.74) is 0. The van der Waals surface area contributed by atoms with Crippen molar-refractivity contribution >= 4 is 0 Å². The van der Waals surface area contributed by atoms with Crippen molar-refractivity contribution in [3.63, 3.8) is 0 Å². The van der Waals surface area contributed by atoms with E-state index in [-0.39, 0.29) is 0 Å². The SMILES string of the molecule is [CH]1C[C@@H]2COC[C@H](C1)N2. The van der Waals surface area contributed by atoms with Gasteiger partial charge in [0.1, 0.15) is 0 Å².